The quantitative estimate of drug-likeness (QED) is 0.868. The van der Waals surface area contributed by atoms with E-state index in [9.17, 15) is 0 Å². The second-order valence-electron chi connectivity index (χ2n) is 3.21. The van der Waals surface area contributed by atoms with Crippen molar-refractivity contribution in [1.82, 2.24) is 5.32 Å². The maximum atomic E-state index is 3.14. The van der Waals surface area contributed by atoms with Crippen LogP contribution in [-0.4, -0.2) is 7.05 Å². The highest BCUT2D eigenvalue weighted by Gasteiger charge is 1.98. The van der Waals surface area contributed by atoms with Crippen molar-refractivity contribution >= 4 is 23.1 Å². The normalized spacial score (nSPS) is 10.5. The van der Waals surface area contributed by atoms with Gasteiger partial charge in [0.2, 0.25) is 0 Å². The van der Waals surface area contributed by atoms with Gasteiger partial charge in [0.15, 0.2) is 0 Å². The van der Waals surface area contributed by atoms with Crippen molar-refractivity contribution in [3.8, 4) is 0 Å². The summed E-state index contributed by atoms with van der Waals surface area (Å²) in [5, 5.41) is 5.25. The van der Waals surface area contributed by atoms with Crippen LogP contribution in [0.4, 0.5) is 0 Å². The number of hydrogen-bond acceptors (Lipinski definition) is 3. The van der Waals surface area contributed by atoms with Crippen LogP contribution >= 0.6 is 23.1 Å². The summed E-state index contributed by atoms with van der Waals surface area (Å²) in [6.07, 6.45) is 0. The highest BCUT2D eigenvalue weighted by atomic mass is 32.2. The predicted molar refractivity (Wildman–Crippen MR) is 67.6 cm³/mol. The molecule has 0 atom stereocenters. The van der Waals surface area contributed by atoms with E-state index in [0.717, 1.165) is 6.54 Å². The largest absolute Gasteiger partial charge is 0.316 e. The Kier molecular flexibility index (Phi) is 3.83. The van der Waals surface area contributed by atoms with Crippen LogP contribution < -0.4 is 5.32 Å². The lowest BCUT2D eigenvalue weighted by Crippen LogP contribution is -2.04. The molecule has 2 rings (SSSR count). The molecule has 0 bridgehead atoms. The van der Waals surface area contributed by atoms with Crippen LogP contribution in [0, 0.1) is 0 Å². The minimum Gasteiger partial charge on any atom is -0.316 e. The molecule has 0 fully saturated rings. The molecule has 0 saturated heterocycles. The Morgan fingerprint density at radius 2 is 2.00 bits per heavy atom. The molecule has 1 N–H and O–H groups in total. The Bertz CT molecular complexity index is 392. The van der Waals surface area contributed by atoms with Crippen LogP contribution in [0.1, 0.15) is 5.56 Å². The maximum Gasteiger partial charge on any atom is 0.0646 e. The zero-order valence-corrected chi connectivity index (χ0v) is 10.2. The average molecular weight is 235 g/mol. The molecule has 0 saturated carbocycles. The Morgan fingerprint density at radius 3 is 2.60 bits per heavy atom. The van der Waals surface area contributed by atoms with Crippen molar-refractivity contribution in [3.63, 3.8) is 0 Å². The van der Waals surface area contributed by atoms with Crippen molar-refractivity contribution in [3.05, 3.63) is 47.3 Å². The third-order valence-electron chi connectivity index (χ3n) is 2.02. The average Bonchev–Trinajstić information content (AvgIpc) is 2.74. The smallest absolute Gasteiger partial charge is 0.0646 e. The summed E-state index contributed by atoms with van der Waals surface area (Å²) in [6.45, 7) is 0.934. The topological polar surface area (TPSA) is 12.0 Å². The van der Waals surface area contributed by atoms with E-state index < -0.39 is 0 Å². The third kappa shape index (κ3) is 3.09. The highest BCUT2D eigenvalue weighted by molar-refractivity contribution is 8.01. The van der Waals surface area contributed by atoms with E-state index in [0.29, 0.717) is 0 Å². The lowest BCUT2D eigenvalue weighted by molar-refractivity contribution is 0.817. The first-order valence-corrected chi connectivity index (χ1v) is 6.53. The van der Waals surface area contributed by atoms with Crippen LogP contribution in [0.25, 0.3) is 0 Å². The highest BCUT2D eigenvalue weighted by Crippen LogP contribution is 2.31. The summed E-state index contributed by atoms with van der Waals surface area (Å²) >= 11 is 3.60. The van der Waals surface area contributed by atoms with E-state index in [-0.39, 0.29) is 0 Å². The van der Waals surface area contributed by atoms with Gasteiger partial charge >= 0.3 is 0 Å². The summed E-state index contributed by atoms with van der Waals surface area (Å²) in [6, 6.07) is 12.9. The third-order valence-corrected chi connectivity index (χ3v) is 4.06. The fraction of sp³-hybridized carbons (Fsp3) is 0.167. The van der Waals surface area contributed by atoms with Gasteiger partial charge in [-0.2, -0.15) is 0 Å². The van der Waals surface area contributed by atoms with Crippen LogP contribution in [0.5, 0.6) is 0 Å². The number of benzene rings is 1. The van der Waals surface area contributed by atoms with Gasteiger partial charge in [0.05, 0.1) is 4.21 Å². The molecule has 15 heavy (non-hydrogen) atoms. The van der Waals surface area contributed by atoms with Gasteiger partial charge in [-0.05, 0) is 36.2 Å². The Balaban J connectivity index is 2.04. The molecular weight excluding hydrogens is 222 g/mol. The molecule has 3 heteroatoms. The van der Waals surface area contributed by atoms with Gasteiger partial charge in [-0.1, -0.05) is 30.0 Å². The zero-order valence-electron chi connectivity index (χ0n) is 8.57. The molecule has 1 nitrogen and oxygen atoms in total. The molecule has 1 heterocycles. The van der Waals surface area contributed by atoms with Gasteiger partial charge in [-0.3, -0.25) is 0 Å². The number of rotatable bonds is 4. The molecule has 0 radical (unpaired) electrons. The molecule has 0 aliphatic carbocycles. The standard InChI is InChI=1S/C12H13NS2/c1-13-9-10-4-6-11(7-5-10)15-12-3-2-8-14-12/h2-8,13H,9H2,1H3. The van der Waals surface area contributed by atoms with E-state index in [1.165, 1.54) is 14.7 Å². The number of thiophene rings is 1. The van der Waals surface area contributed by atoms with E-state index in [1.54, 1.807) is 11.3 Å². The monoisotopic (exact) mass is 235 g/mol. The summed E-state index contributed by atoms with van der Waals surface area (Å²) < 4.78 is 1.34. The van der Waals surface area contributed by atoms with Gasteiger partial charge in [0.25, 0.3) is 0 Å². The fourth-order valence-corrected chi connectivity index (χ4v) is 3.06. The SMILES string of the molecule is CNCc1ccc(Sc2cccs2)cc1. The molecule has 2 aromatic rings. The molecule has 78 valence electrons. The summed E-state index contributed by atoms with van der Waals surface area (Å²) in [4.78, 5) is 1.30. The van der Waals surface area contributed by atoms with E-state index in [2.05, 4.69) is 47.1 Å². The van der Waals surface area contributed by atoms with Crippen molar-refractivity contribution in [2.24, 2.45) is 0 Å². The van der Waals surface area contributed by atoms with Crippen LogP contribution in [0.3, 0.4) is 0 Å². The number of nitrogens with one attached hydrogen (secondary N) is 1. The van der Waals surface area contributed by atoms with Crippen molar-refractivity contribution in [2.75, 3.05) is 7.05 Å². The summed E-state index contributed by atoms with van der Waals surface area (Å²) in [7, 11) is 1.97. The van der Waals surface area contributed by atoms with E-state index >= 15 is 0 Å². The molecule has 0 amide bonds. The molecule has 0 unspecified atom stereocenters. The van der Waals surface area contributed by atoms with E-state index in [1.807, 2.05) is 18.8 Å². The lowest BCUT2D eigenvalue weighted by Gasteiger charge is -2.02. The molecule has 1 aromatic carbocycles. The van der Waals surface area contributed by atoms with Gasteiger partial charge in [0, 0.05) is 11.4 Å². The second-order valence-corrected chi connectivity index (χ2v) is 5.53. The molecule has 0 aliphatic heterocycles. The molecular formula is C12H13NS2. The van der Waals surface area contributed by atoms with Gasteiger partial charge in [-0.15, -0.1) is 11.3 Å². The molecule has 0 spiro atoms. The predicted octanol–water partition coefficient (Wildman–Crippen LogP) is 3.62. The Morgan fingerprint density at radius 1 is 1.20 bits per heavy atom. The fourth-order valence-electron chi connectivity index (χ4n) is 1.32. The van der Waals surface area contributed by atoms with Gasteiger partial charge < -0.3 is 5.32 Å². The van der Waals surface area contributed by atoms with Crippen molar-refractivity contribution in [2.45, 2.75) is 15.6 Å². The second kappa shape index (κ2) is 5.35. The van der Waals surface area contributed by atoms with E-state index in [4.69, 9.17) is 0 Å². The minimum absolute atomic E-state index is 0.934. The van der Waals surface area contributed by atoms with Crippen molar-refractivity contribution < 1.29 is 0 Å². The maximum absolute atomic E-state index is 3.14. The first kappa shape index (κ1) is 10.7. The Labute approximate surface area is 98.5 Å². The van der Waals surface area contributed by atoms with Crippen LogP contribution in [0.2, 0.25) is 0 Å². The summed E-state index contributed by atoms with van der Waals surface area (Å²) in [5.41, 5.74) is 1.33. The Hall–Kier alpha value is -0.770. The van der Waals surface area contributed by atoms with Gasteiger partial charge in [-0.25, -0.2) is 0 Å². The number of hydrogen-bond donors (Lipinski definition) is 1. The van der Waals surface area contributed by atoms with Crippen LogP contribution in [-0.2, 0) is 6.54 Å². The van der Waals surface area contributed by atoms with Crippen molar-refractivity contribution in [1.29, 1.82) is 0 Å². The summed E-state index contributed by atoms with van der Waals surface area (Å²) in [5.74, 6) is 0. The molecule has 1 aromatic heterocycles. The lowest BCUT2D eigenvalue weighted by atomic mass is 10.2. The first-order chi connectivity index (χ1) is 7.38. The van der Waals surface area contributed by atoms with Gasteiger partial charge in [0.1, 0.15) is 0 Å². The molecule has 0 aliphatic rings. The minimum atomic E-state index is 0.934. The van der Waals surface area contributed by atoms with Crippen LogP contribution in [0.15, 0.2) is 50.9 Å². The zero-order chi connectivity index (χ0) is 10.5. The first-order valence-electron chi connectivity index (χ1n) is 4.83.